The first-order valence-electron chi connectivity index (χ1n) is 6.89. The van der Waals surface area contributed by atoms with E-state index in [1.807, 2.05) is 0 Å². The van der Waals surface area contributed by atoms with Crippen LogP contribution in [0.5, 0.6) is 5.75 Å². The number of aliphatic carboxylic acids is 1. The Kier molecular flexibility index (Phi) is 4.07. The van der Waals surface area contributed by atoms with Crippen LogP contribution < -0.4 is 4.74 Å². The third-order valence-electron chi connectivity index (χ3n) is 3.28. The van der Waals surface area contributed by atoms with Crippen molar-refractivity contribution in [1.29, 1.82) is 0 Å². The number of aromatic nitrogens is 4. The minimum Gasteiger partial charge on any atom is -0.497 e. The van der Waals surface area contributed by atoms with E-state index in [1.54, 1.807) is 24.3 Å². The molecule has 24 heavy (non-hydrogen) atoms. The third-order valence-corrected chi connectivity index (χ3v) is 3.28. The van der Waals surface area contributed by atoms with Crippen LogP contribution in [0.2, 0.25) is 0 Å². The summed E-state index contributed by atoms with van der Waals surface area (Å²) in [7, 11) is 1.50. The van der Waals surface area contributed by atoms with E-state index in [4.69, 9.17) is 9.84 Å². The molecule has 2 aromatic heterocycles. The molecular formula is C15H12F2N4O3. The summed E-state index contributed by atoms with van der Waals surface area (Å²) in [5, 5.41) is 12.6. The Morgan fingerprint density at radius 1 is 1.33 bits per heavy atom. The Bertz CT molecular complexity index is 911. The van der Waals surface area contributed by atoms with Gasteiger partial charge < -0.3 is 9.84 Å². The first kappa shape index (κ1) is 15.8. The molecule has 0 spiro atoms. The van der Waals surface area contributed by atoms with Gasteiger partial charge >= 0.3 is 5.97 Å². The van der Waals surface area contributed by atoms with Crippen molar-refractivity contribution < 1.29 is 23.4 Å². The van der Waals surface area contributed by atoms with Crippen LogP contribution >= 0.6 is 0 Å². The Balaban J connectivity index is 2.16. The van der Waals surface area contributed by atoms with Gasteiger partial charge in [-0.2, -0.15) is 9.50 Å². The number of carboxylic acids is 1. The van der Waals surface area contributed by atoms with E-state index < -0.39 is 24.5 Å². The molecule has 0 radical (unpaired) electrons. The standard InChI is InChI=1S/C15H12F2N4O3/c1-24-9-4-2-3-8(5-9)10-6-11(14(16)17)21-15(18-10)19-12(20-21)7-13(22)23/h2-6,14H,7H2,1H3,(H,22,23). The molecular weight excluding hydrogens is 322 g/mol. The van der Waals surface area contributed by atoms with Gasteiger partial charge in [-0.05, 0) is 18.2 Å². The summed E-state index contributed by atoms with van der Waals surface area (Å²) in [6, 6.07) is 7.99. The number of rotatable bonds is 5. The van der Waals surface area contributed by atoms with Gasteiger partial charge in [0.05, 0.1) is 12.8 Å². The van der Waals surface area contributed by atoms with Crippen LogP contribution in [0.3, 0.4) is 0 Å². The Morgan fingerprint density at radius 3 is 2.79 bits per heavy atom. The van der Waals surface area contributed by atoms with E-state index in [0.717, 1.165) is 4.52 Å². The molecule has 0 unspecified atom stereocenters. The lowest BCUT2D eigenvalue weighted by atomic mass is 10.1. The van der Waals surface area contributed by atoms with Crippen LogP contribution in [-0.2, 0) is 11.2 Å². The second-order valence-electron chi connectivity index (χ2n) is 4.91. The van der Waals surface area contributed by atoms with Gasteiger partial charge in [0.15, 0.2) is 5.82 Å². The fraction of sp³-hybridized carbons (Fsp3) is 0.200. The fourth-order valence-electron chi connectivity index (χ4n) is 2.23. The van der Waals surface area contributed by atoms with Crippen LogP contribution in [0, 0.1) is 0 Å². The molecule has 1 N–H and O–H groups in total. The summed E-state index contributed by atoms with van der Waals surface area (Å²) in [6.45, 7) is 0. The Labute approximate surface area is 134 Å². The number of benzene rings is 1. The van der Waals surface area contributed by atoms with Crippen molar-refractivity contribution >= 4 is 11.7 Å². The zero-order chi connectivity index (χ0) is 17.3. The highest BCUT2D eigenvalue weighted by atomic mass is 19.3. The van der Waals surface area contributed by atoms with Gasteiger partial charge in [-0.25, -0.2) is 13.8 Å². The smallest absolute Gasteiger partial charge is 0.311 e. The van der Waals surface area contributed by atoms with Crippen LogP contribution in [0.25, 0.3) is 17.0 Å². The number of hydrogen-bond acceptors (Lipinski definition) is 5. The molecule has 0 atom stereocenters. The van der Waals surface area contributed by atoms with Crippen molar-refractivity contribution in [2.75, 3.05) is 7.11 Å². The number of hydrogen-bond donors (Lipinski definition) is 1. The molecule has 0 bridgehead atoms. The maximum atomic E-state index is 13.4. The number of alkyl halides is 2. The molecule has 0 fully saturated rings. The third kappa shape index (κ3) is 3.00. The molecule has 1 aromatic carbocycles. The normalized spacial score (nSPS) is 11.2. The highest BCUT2D eigenvalue weighted by Crippen LogP contribution is 2.27. The topological polar surface area (TPSA) is 89.6 Å². The maximum Gasteiger partial charge on any atom is 0.311 e. The molecule has 124 valence electrons. The summed E-state index contributed by atoms with van der Waals surface area (Å²) in [4.78, 5) is 18.9. The van der Waals surface area contributed by atoms with Crippen LogP contribution in [-0.4, -0.2) is 37.8 Å². The summed E-state index contributed by atoms with van der Waals surface area (Å²) < 4.78 is 32.7. The van der Waals surface area contributed by atoms with Crippen molar-refractivity contribution in [1.82, 2.24) is 19.6 Å². The minimum absolute atomic E-state index is 0.0816. The number of carbonyl (C=O) groups is 1. The molecule has 0 amide bonds. The van der Waals surface area contributed by atoms with Crippen LogP contribution in [0.1, 0.15) is 17.9 Å². The molecule has 3 rings (SSSR count). The van der Waals surface area contributed by atoms with Crippen molar-refractivity contribution in [3.63, 3.8) is 0 Å². The van der Waals surface area contributed by atoms with E-state index in [1.165, 1.54) is 13.2 Å². The molecule has 0 aliphatic heterocycles. The number of halogens is 2. The summed E-state index contributed by atoms with van der Waals surface area (Å²) in [5.74, 6) is -0.764. The maximum absolute atomic E-state index is 13.4. The zero-order valence-corrected chi connectivity index (χ0v) is 12.5. The number of ether oxygens (including phenoxy) is 1. The molecule has 9 heteroatoms. The largest absolute Gasteiger partial charge is 0.497 e. The van der Waals surface area contributed by atoms with E-state index in [9.17, 15) is 13.6 Å². The average Bonchev–Trinajstić information content (AvgIpc) is 2.95. The lowest BCUT2D eigenvalue weighted by Gasteiger charge is -2.07. The van der Waals surface area contributed by atoms with Gasteiger partial charge in [0.1, 0.15) is 17.9 Å². The van der Waals surface area contributed by atoms with Gasteiger partial charge in [-0.1, -0.05) is 12.1 Å². The number of fused-ring (bicyclic) bond motifs is 1. The Morgan fingerprint density at radius 2 is 2.12 bits per heavy atom. The molecule has 3 aromatic rings. The molecule has 0 aliphatic carbocycles. The van der Waals surface area contributed by atoms with Crippen molar-refractivity contribution in [3.05, 3.63) is 41.9 Å². The van der Waals surface area contributed by atoms with E-state index in [-0.39, 0.29) is 17.3 Å². The monoisotopic (exact) mass is 334 g/mol. The van der Waals surface area contributed by atoms with Gasteiger partial charge in [0.25, 0.3) is 12.2 Å². The second kappa shape index (κ2) is 6.19. The Hall–Kier alpha value is -3.10. The minimum atomic E-state index is -2.82. The first-order valence-corrected chi connectivity index (χ1v) is 6.89. The van der Waals surface area contributed by atoms with E-state index in [2.05, 4.69) is 15.1 Å². The van der Waals surface area contributed by atoms with Gasteiger partial charge in [-0.3, -0.25) is 4.79 Å². The molecule has 0 aliphatic rings. The van der Waals surface area contributed by atoms with Gasteiger partial charge in [0, 0.05) is 5.56 Å². The van der Waals surface area contributed by atoms with Crippen LogP contribution in [0.15, 0.2) is 30.3 Å². The number of nitrogens with zero attached hydrogens (tertiary/aromatic N) is 4. The summed E-state index contributed by atoms with van der Waals surface area (Å²) >= 11 is 0. The average molecular weight is 334 g/mol. The number of methoxy groups -OCH3 is 1. The fourth-order valence-corrected chi connectivity index (χ4v) is 2.23. The van der Waals surface area contributed by atoms with E-state index >= 15 is 0 Å². The van der Waals surface area contributed by atoms with E-state index in [0.29, 0.717) is 11.3 Å². The predicted octanol–water partition coefficient (Wildman–Crippen LogP) is 2.36. The second-order valence-corrected chi connectivity index (χ2v) is 4.91. The summed E-state index contributed by atoms with van der Waals surface area (Å²) in [6.07, 6.45) is -3.29. The lowest BCUT2D eigenvalue weighted by molar-refractivity contribution is -0.136. The number of carboxylic acid groups (broad SMARTS) is 1. The van der Waals surface area contributed by atoms with Gasteiger partial charge in [0.2, 0.25) is 0 Å². The molecule has 0 saturated heterocycles. The van der Waals surface area contributed by atoms with Crippen LogP contribution in [0.4, 0.5) is 8.78 Å². The van der Waals surface area contributed by atoms with Gasteiger partial charge in [-0.15, -0.1) is 5.10 Å². The SMILES string of the molecule is COc1cccc(-c2cc(C(F)F)n3nc(CC(=O)O)nc3n2)c1. The quantitative estimate of drug-likeness (QED) is 0.770. The van der Waals surface area contributed by atoms with Crippen molar-refractivity contribution in [2.24, 2.45) is 0 Å². The predicted molar refractivity (Wildman–Crippen MR) is 79.1 cm³/mol. The van der Waals surface area contributed by atoms with Crippen molar-refractivity contribution in [2.45, 2.75) is 12.8 Å². The lowest BCUT2D eigenvalue weighted by Crippen LogP contribution is -2.04. The highest BCUT2D eigenvalue weighted by molar-refractivity contribution is 5.69. The zero-order valence-electron chi connectivity index (χ0n) is 12.5. The first-order chi connectivity index (χ1) is 11.5. The molecule has 2 heterocycles. The summed E-state index contributed by atoms with van der Waals surface area (Å²) in [5.41, 5.74) is 0.425. The molecule has 7 nitrogen and oxygen atoms in total. The highest BCUT2D eigenvalue weighted by Gasteiger charge is 2.19. The van der Waals surface area contributed by atoms with Crippen molar-refractivity contribution in [3.8, 4) is 17.0 Å². The molecule has 0 saturated carbocycles.